The number of carboxylic acid groups (broad SMARTS) is 1. The topological polar surface area (TPSA) is 93.7 Å². The molecule has 7 heteroatoms. The standard InChI is InChI=1S/C14H16N2O5/c1-19-7-9-12(20-2)5-4-8(13(9)21-3)10-6-11(14(17)18)16-15-10/h4-6H,7H2,1-3H3,(H,15,16)(H,17,18). The fourth-order valence-electron chi connectivity index (χ4n) is 2.09. The summed E-state index contributed by atoms with van der Waals surface area (Å²) in [6.45, 7) is 0.302. The number of H-pyrrole nitrogens is 1. The first-order valence-corrected chi connectivity index (χ1v) is 6.14. The van der Waals surface area contributed by atoms with Crippen molar-refractivity contribution in [3.05, 3.63) is 29.5 Å². The summed E-state index contributed by atoms with van der Waals surface area (Å²) in [6.07, 6.45) is 0. The predicted octanol–water partition coefficient (Wildman–Crippen LogP) is 1.94. The first-order chi connectivity index (χ1) is 10.1. The molecule has 0 atom stereocenters. The van der Waals surface area contributed by atoms with E-state index in [9.17, 15) is 4.79 Å². The van der Waals surface area contributed by atoms with E-state index in [0.29, 0.717) is 29.4 Å². The lowest BCUT2D eigenvalue weighted by Gasteiger charge is -2.15. The number of carboxylic acids is 1. The molecule has 0 aliphatic heterocycles. The Balaban J connectivity index is 2.56. The number of nitrogens with zero attached hydrogens (tertiary/aromatic N) is 1. The predicted molar refractivity (Wildman–Crippen MR) is 74.8 cm³/mol. The van der Waals surface area contributed by atoms with Crippen LogP contribution in [-0.4, -0.2) is 42.6 Å². The molecule has 112 valence electrons. The highest BCUT2D eigenvalue weighted by Gasteiger charge is 2.19. The van der Waals surface area contributed by atoms with Crippen molar-refractivity contribution in [2.45, 2.75) is 6.61 Å². The molecule has 2 N–H and O–H groups in total. The van der Waals surface area contributed by atoms with E-state index in [4.69, 9.17) is 19.3 Å². The highest BCUT2D eigenvalue weighted by atomic mass is 16.5. The minimum absolute atomic E-state index is 0.0103. The van der Waals surface area contributed by atoms with Gasteiger partial charge in [-0.25, -0.2) is 4.79 Å². The normalized spacial score (nSPS) is 10.4. The van der Waals surface area contributed by atoms with Gasteiger partial charge in [0.1, 0.15) is 17.2 Å². The Morgan fingerprint density at radius 2 is 2.05 bits per heavy atom. The molecule has 0 saturated heterocycles. The van der Waals surface area contributed by atoms with Crippen molar-refractivity contribution in [1.82, 2.24) is 10.2 Å². The minimum atomic E-state index is -1.07. The van der Waals surface area contributed by atoms with Crippen molar-refractivity contribution in [3.8, 4) is 22.8 Å². The molecule has 0 fully saturated rings. The molecule has 1 aromatic heterocycles. The van der Waals surface area contributed by atoms with Gasteiger partial charge < -0.3 is 19.3 Å². The number of hydrogen-bond donors (Lipinski definition) is 2. The summed E-state index contributed by atoms with van der Waals surface area (Å²) in [6, 6.07) is 4.98. The Morgan fingerprint density at radius 1 is 1.29 bits per heavy atom. The van der Waals surface area contributed by atoms with Crippen LogP contribution in [0.1, 0.15) is 16.1 Å². The molecule has 2 aromatic rings. The summed E-state index contributed by atoms with van der Waals surface area (Å²) in [4.78, 5) is 10.9. The van der Waals surface area contributed by atoms with Crippen molar-refractivity contribution in [1.29, 1.82) is 0 Å². The maximum atomic E-state index is 10.9. The summed E-state index contributed by atoms with van der Waals surface area (Å²) in [5.41, 5.74) is 1.88. The van der Waals surface area contributed by atoms with Crippen molar-refractivity contribution in [2.24, 2.45) is 0 Å². The van der Waals surface area contributed by atoms with Gasteiger partial charge in [-0.05, 0) is 18.2 Å². The van der Waals surface area contributed by atoms with Crippen LogP contribution in [0.5, 0.6) is 11.5 Å². The lowest BCUT2D eigenvalue weighted by Crippen LogP contribution is -2.00. The van der Waals surface area contributed by atoms with Crippen LogP contribution in [0.3, 0.4) is 0 Å². The molecule has 1 aromatic carbocycles. The zero-order chi connectivity index (χ0) is 15.4. The molecule has 21 heavy (non-hydrogen) atoms. The van der Waals surface area contributed by atoms with Crippen LogP contribution >= 0.6 is 0 Å². The third-order valence-electron chi connectivity index (χ3n) is 3.01. The number of rotatable bonds is 6. The third-order valence-corrected chi connectivity index (χ3v) is 3.01. The van der Waals surface area contributed by atoms with E-state index in [2.05, 4.69) is 10.2 Å². The zero-order valence-electron chi connectivity index (χ0n) is 12.0. The van der Waals surface area contributed by atoms with Crippen molar-refractivity contribution < 1.29 is 24.1 Å². The van der Waals surface area contributed by atoms with Crippen LogP contribution < -0.4 is 9.47 Å². The summed E-state index contributed by atoms with van der Waals surface area (Å²) in [5, 5.41) is 15.4. The Kier molecular flexibility index (Phi) is 4.44. The molecule has 0 amide bonds. The molecule has 0 aliphatic rings. The van der Waals surface area contributed by atoms with Crippen LogP contribution in [0, 0.1) is 0 Å². The molecule has 0 aliphatic carbocycles. The largest absolute Gasteiger partial charge is 0.496 e. The zero-order valence-corrected chi connectivity index (χ0v) is 12.0. The van der Waals surface area contributed by atoms with Gasteiger partial charge in [-0.3, -0.25) is 5.10 Å². The van der Waals surface area contributed by atoms with Crippen LogP contribution in [0.25, 0.3) is 11.3 Å². The van der Waals surface area contributed by atoms with Crippen LogP contribution in [-0.2, 0) is 11.3 Å². The molecule has 2 rings (SSSR count). The lowest BCUT2D eigenvalue weighted by atomic mass is 10.0. The van der Waals surface area contributed by atoms with E-state index in [1.807, 2.05) is 0 Å². The molecule has 0 radical (unpaired) electrons. The van der Waals surface area contributed by atoms with Crippen molar-refractivity contribution in [2.75, 3.05) is 21.3 Å². The molecule has 0 saturated carbocycles. The monoisotopic (exact) mass is 292 g/mol. The molecule has 1 heterocycles. The second-order valence-corrected chi connectivity index (χ2v) is 4.23. The molecular formula is C14H16N2O5. The van der Waals surface area contributed by atoms with Gasteiger partial charge in [0.25, 0.3) is 0 Å². The number of aromatic nitrogens is 2. The highest BCUT2D eigenvalue weighted by molar-refractivity contribution is 5.87. The van der Waals surface area contributed by atoms with Crippen LogP contribution in [0.2, 0.25) is 0 Å². The fraction of sp³-hybridized carbons (Fsp3) is 0.286. The van der Waals surface area contributed by atoms with Gasteiger partial charge in [0, 0.05) is 12.7 Å². The first kappa shape index (κ1) is 14.9. The van der Waals surface area contributed by atoms with Gasteiger partial charge >= 0.3 is 5.97 Å². The SMILES string of the molecule is COCc1c(OC)ccc(-c2cc(C(=O)O)[nH]n2)c1OC. The van der Waals surface area contributed by atoms with Gasteiger partial charge in [-0.15, -0.1) is 0 Å². The van der Waals surface area contributed by atoms with Gasteiger partial charge in [0.2, 0.25) is 0 Å². The fourth-order valence-corrected chi connectivity index (χ4v) is 2.09. The Labute approximate surface area is 121 Å². The molecule has 0 bridgehead atoms. The average Bonchev–Trinajstić information content (AvgIpc) is 2.97. The third kappa shape index (κ3) is 2.82. The number of hydrogen-bond acceptors (Lipinski definition) is 5. The highest BCUT2D eigenvalue weighted by Crippen LogP contribution is 2.38. The van der Waals surface area contributed by atoms with Crippen molar-refractivity contribution in [3.63, 3.8) is 0 Å². The molecule has 0 spiro atoms. The number of nitrogens with one attached hydrogen (secondary N) is 1. The lowest BCUT2D eigenvalue weighted by molar-refractivity contribution is 0.0690. The smallest absolute Gasteiger partial charge is 0.353 e. The van der Waals surface area contributed by atoms with E-state index in [0.717, 1.165) is 5.56 Å². The minimum Gasteiger partial charge on any atom is -0.496 e. The molecule has 0 unspecified atom stereocenters. The number of methoxy groups -OCH3 is 3. The summed E-state index contributed by atoms with van der Waals surface area (Å²) >= 11 is 0. The number of ether oxygens (including phenoxy) is 3. The van der Waals surface area contributed by atoms with Crippen LogP contribution in [0.15, 0.2) is 18.2 Å². The van der Waals surface area contributed by atoms with E-state index in [1.54, 1.807) is 26.4 Å². The number of aromatic carboxylic acids is 1. The summed E-state index contributed by atoms with van der Waals surface area (Å²) in [7, 11) is 4.66. The quantitative estimate of drug-likeness (QED) is 0.845. The van der Waals surface area contributed by atoms with Gasteiger partial charge in [0.05, 0.1) is 32.1 Å². The number of carbonyl (C=O) groups is 1. The van der Waals surface area contributed by atoms with Crippen LogP contribution in [0.4, 0.5) is 0 Å². The molecule has 7 nitrogen and oxygen atoms in total. The molecular weight excluding hydrogens is 276 g/mol. The van der Waals surface area contributed by atoms with E-state index >= 15 is 0 Å². The second kappa shape index (κ2) is 6.27. The van der Waals surface area contributed by atoms with Gasteiger partial charge in [-0.1, -0.05) is 0 Å². The summed E-state index contributed by atoms with van der Waals surface area (Å²) < 4.78 is 15.9. The number of aromatic amines is 1. The summed E-state index contributed by atoms with van der Waals surface area (Å²) in [5.74, 6) is 0.101. The van der Waals surface area contributed by atoms with E-state index < -0.39 is 5.97 Å². The first-order valence-electron chi connectivity index (χ1n) is 6.14. The second-order valence-electron chi connectivity index (χ2n) is 4.23. The van der Waals surface area contributed by atoms with E-state index in [1.165, 1.54) is 13.2 Å². The number of benzene rings is 1. The van der Waals surface area contributed by atoms with Crippen molar-refractivity contribution >= 4 is 5.97 Å². The van der Waals surface area contributed by atoms with Gasteiger partial charge in [-0.2, -0.15) is 5.10 Å². The average molecular weight is 292 g/mol. The van der Waals surface area contributed by atoms with E-state index in [-0.39, 0.29) is 5.69 Å². The Bertz CT molecular complexity index is 651. The Hall–Kier alpha value is -2.54. The maximum absolute atomic E-state index is 10.9. The Morgan fingerprint density at radius 3 is 2.57 bits per heavy atom. The maximum Gasteiger partial charge on any atom is 0.353 e. The van der Waals surface area contributed by atoms with Gasteiger partial charge in [0.15, 0.2) is 0 Å².